The molecule has 2 rings (SSSR count). The van der Waals surface area contributed by atoms with Gasteiger partial charge in [0.2, 0.25) is 0 Å². The molecular weight excluding hydrogens is 242 g/mol. The van der Waals surface area contributed by atoms with Crippen molar-refractivity contribution >= 4 is 5.69 Å². The van der Waals surface area contributed by atoms with Crippen molar-refractivity contribution in [2.24, 2.45) is 0 Å². The standard InChI is InChI=1S/C19H25N/c1-12-7-8-18(10-14(12)3)20-17(6)19-11-15(4)13(2)9-16(19)5/h7-11,17,20H,1-6H3. The van der Waals surface area contributed by atoms with Crippen molar-refractivity contribution in [1.29, 1.82) is 0 Å². The summed E-state index contributed by atoms with van der Waals surface area (Å²) in [6.07, 6.45) is 0. The molecule has 0 saturated heterocycles. The molecule has 20 heavy (non-hydrogen) atoms. The van der Waals surface area contributed by atoms with Gasteiger partial charge in [-0.1, -0.05) is 18.2 Å². The molecule has 2 aromatic rings. The van der Waals surface area contributed by atoms with E-state index in [4.69, 9.17) is 0 Å². The molecule has 0 heterocycles. The fourth-order valence-electron chi connectivity index (χ4n) is 2.61. The van der Waals surface area contributed by atoms with E-state index in [0.29, 0.717) is 6.04 Å². The van der Waals surface area contributed by atoms with E-state index < -0.39 is 0 Å². The molecule has 2 aromatic carbocycles. The second-order valence-corrected chi connectivity index (χ2v) is 5.96. The van der Waals surface area contributed by atoms with E-state index in [1.807, 2.05) is 0 Å². The maximum atomic E-state index is 3.61. The van der Waals surface area contributed by atoms with Crippen LogP contribution in [0.5, 0.6) is 0 Å². The van der Waals surface area contributed by atoms with Crippen molar-refractivity contribution in [2.75, 3.05) is 5.32 Å². The first-order chi connectivity index (χ1) is 9.38. The first kappa shape index (κ1) is 14.6. The lowest BCUT2D eigenvalue weighted by molar-refractivity contribution is 0.870. The van der Waals surface area contributed by atoms with Crippen molar-refractivity contribution < 1.29 is 0 Å². The van der Waals surface area contributed by atoms with Gasteiger partial charge in [0.05, 0.1) is 0 Å². The predicted octanol–water partition coefficient (Wildman–Crippen LogP) is 5.40. The Labute approximate surface area is 123 Å². The molecule has 1 heteroatoms. The van der Waals surface area contributed by atoms with Crippen LogP contribution in [0.1, 0.15) is 46.3 Å². The summed E-state index contributed by atoms with van der Waals surface area (Å²) in [4.78, 5) is 0. The van der Waals surface area contributed by atoms with Gasteiger partial charge in [-0.15, -0.1) is 0 Å². The molecule has 0 fully saturated rings. The Kier molecular flexibility index (Phi) is 4.17. The van der Waals surface area contributed by atoms with E-state index in [0.717, 1.165) is 0 Å². The van der Waals surface area contributed by atoms with Crippen molar-refractivity contribution in [3.63, 3.8) is 0 Å². The second kappa shape index (κ2) is 5.70. The summed E-state index contributed by atoms with van der Waals surface area (Å²) in [5.74, 6) is 0. The Morgan fingerprint density at radius 2 is 1.30 bits per heavy atom. The summed E-state index contributed by atoms with van der Waals surface area (Å²) in [7, 11) is 0. The van der Waals surface area contributed by atoms with E-state index in [2.05, 4.69) is 77.2 Å². The fraction of sp³-hybridized carbons (Fsp3) is 0.368. The summed E-state index contributed by atoms with van der Waals surface area (Å²) in [5, 5.41) is 3.61. The largest absolute Gasteiger partial charge is 0.379 e. The molecule has 1 atom stereocenters. The lowest BCUT2D eigenvalue weighted by atomic mass is 9.96. The summed E-state index contributed by atoms with van der Waals surface area (Å²) >= 11 is 0. The molecule has 0 spiro atoms. The topological polar surface area (TPSA) is 12.0 Å². The van der Waals surface area contributed by atoms with Crippen LogP contribution in [0.15, 0.2) is 30.3 Å². The van der Waals surface area contributed by atoms with Gasteiger partial charge in [0, 0.05) is 11.7 Å². The zero-order valence-electron chi connectivity index (χ0n) is 13.5. The molecule has 0 amide bonds. The number of benzene rings is 2. The van der Waals surface area contributed by atoms with Crippen LogP contribution in [0.4, 0.5) is 5.69 Å². The third kappa shape index (κ3) is 3.04. The predicted molar refractivity (Wildman–Crippen MR) is 88.6 cm³/mol. The first-order valence-corrected chi connectivity index (χ1v) is 7.30. The highest BCUT2D eigenvalue weighted by molar-refractivity contribution is 5.51. The minimum Gasteiger partial charge on any atom is -0.379 e. The number of hydrogen-bond donors (Lipinski definition) is 1. The molecule has 1 N–H and O–H groups in total. The molecule has 106 valence electrons. The van der Waals surface area contributed by atoms with E-state index in [1.165, 1.54) is 39.1 Å². The van der Waals surface area contributed by atoms with Crippen LogP contribution in [0.3, 0.4) is 0 Å². The Bertz CT molecular complexity index is 626. The molecule has 0 bridgehead atoms. The fourth-order valence-corrected chi connectivity index (χ4v) is 2.61. The van der Waals surface area contributed by atoms with E-state index in [-0.39, 0.29) is 0 Å². The molecule has 0 radical (unpaired) electrons. The molecule has 0 aliphatic heterocycles. The van der Waals surface area contributed by atoms with Crippen LogP contribution in [0.25, 0.3) is 0 Å². The number of anilines is 1. The van der Waals surface area contributed by atoms with Gasteiger partial charge in [-0.2, -0.15) is 0 Å². The van der Waals surface area contributed by atoms with Crippen molar-refractivity contribution in [2.45, 2.75) is 47.6 Å². The highest BCUT2D eigenvalue weighted by Crippen LogP contribution is 2.25. The number of hydrogen-bond acceptors (Lipinski definition) is 1. The minimum atomic E-state index is 0.316. The number of nitrogens with one attached hydrogen (secondary N) is 1. The van der Waals surface area contributed by atoms with E-state index in [9.17, 15) is 0 Å². The average molecular weight is 267 g/mol. The third-order valence-electron chi connectivity index (χ3n) is 4.24. The van der Waals surface area contributed by atoms with Crippen molar-refractivity contribution in [3.8, 4) is 0 Å². The highest BCUT2D eigenvalue weighted by atomic mass is 14.9. The quantitative estimate of drug-likeness (QED) is 0.785. The molecule has 0 aliphatic carbocycles. The third-order valence-corrected chi connectivity index (χ3v) is 4.24. The van der Waals surface area contributed by atoms with Crippen molar-refractivity contribution in [3.05, 3.63) is 63.7 Å². The Balaban J connectivity index is 2.25. The number of aryl methyl sites for hydroxylation is 5. The Hall–Kier alpha value is -1.76. The smallest absolute Gasteiger partial charge is 0.0488 e. The van der Waals surface area contributed by atoms with Crippen LogP contribution >= 0.6 is 0 Å². The summed E-state index contributed by atoms with van der Waals surface area (Å²) < 4.78 is 0. The van der Waals surface area contributed by atoms with Gasteiger partial charge >= 0.3 is 0 Å². The lowest BCUT2D eigenvalue weighted by Crippen LogP contribution is -2.09. The SMILES string of the molecule is Cc1ccc(NC(C)c2cc(C)c(C)cc2C)cc1C. The van der Waals surface area contributed by atoms with Gasteiger partial charge in [0.1, 0.15) is 0 Å². The van der Waals surface area contributed by atoms with Crippen LogP contribution in [0, 0.1) is 34.6 Å². The van der Waals surface area contributed by atoms with Crippen LogP contribution < -0.4 is 5.32 Å². The summed E-state index contributed by atoms with van der Waals surface area (Å²) in [6.45, 7) is 13.1. The Morgan fingerprint density at radius 3 is 1.95 bits per heavy atom. The monoisotopic (exact) mass is 267 g/mol. The zero-order chi connectivity index (χ0) is 14.9. The molecule has 1 unspecified atom stereocenters. The highest BCUT2D eigenvalue weighted by Gasteiger charge is 2.10. The Morgan fingerprint density at radius 1 is 0.700 bits per heavy atom. The van der Waals surface area contributed by atoms with Gasteiger partial charge in [-0.05, 0) is 87.1 Å². The van der Waals surface area contributed by atoms with E-state index >= 15 is 0 Å². The molecule has 0 aromatic heterocycles. The minimum absolute atomic E-state index is 0.316. The zero-order valence-corrected chi connectivity index (χ0v) is 13.5. The van der Waals surface area contributed by atoms with Gasteiger partial charge in [0.25, 0.3) is 0 Å². The maximum Gasteiger partial charge on any atom is 0.0488 e. The van der Waals surface area contributed by atoms with Crippen LogP contribution in [-0.2, 0) is 0 Å². The number of rotatable bonds is 3. The van der Waals surface area contributed by atoms with E-state index in [1.54, 1.807) is 0 Å². The molecule has 1 nitrogen and oxygen atoms in total. The van der Waals surface area contributed by atoms with Crippen molar-refractivity contribution in [1.82, 2.24) is 0 Å². The average Bonchev–Trinajstić information content (AvgIpc) is 2.38. The first-order valence-electron chi connectivity index (χ1n) is 7.30. The molecule has 0 aliphatic rings. The normalized spacial score (nSPS) is 12.3. The maximum absolute atomic E-state index is 3.61. The second-order valence-electron chi connectivity index (χ2n) is 5.96. The summed E-state index contributed by atoms with van der Waals surface area (Å²) in [6, 6.07) is 11.5. The van der Waals surface area contributed by atoms with Gasteiger partial charge in [0.15, 0.2) is 0 Å². The summed E-state index contributed by atoms with van der Waals surface area (Å²) in [5.41, 5.74) is 9.33. The molecule has 0 saturated carbocycles. The van der Waals surface area contributed by atoms with Gasteiger partial charge < -0.3 is 5.32 Å². The van der Waals surface area contributed by atoms with Gasteiger partial charge in [-0.3, -0.25) is 0 Å². The van der Waals surface area contributed by atoms with Gasteiger partial charge in [-0.25, -0.2) is 0 Å². The van der Waals surface area contributed by atoms with Crippen LogP contribution in [0.2, 0.25) is 0 Å². The molecular formula is C19H25N. The van der Waals surface area contributed by atoms with Crippen LogP contribution in [-0.4, -0.2) is 0 Å². The lowest BCUT2D eigenvalue weighted by Gasteiger charge is -2.20.